The molecule has 6 rings (SSSR count). The molecule has 4 aromatic heterocycles. The third-order valence-electron chi connectivity index (χ3n) is 7.39. The first kappa shape index (κ1) is 35.3. The van der Waals surface area contributed by atoms with Crippen LogP contribution in [0.4, 0.5) is 0 Å². The predicted octanol–water partition coefficient (Wildman–Crippen LogP) is 6.98. The average Bonchev–Trinajstić information content (AvgIpc) is 3.13. The number of halogens is 2. The van der Waals surface area contributed by atoms with E-state index in [1.807, 2.05) is 12.1 Å². The number of esters is 3. The number of aromatic nitrogens is 4. The molecule has 0 amide bonds. The lowest BCUT2D eigenvalue weighted by atomic mass is 10.0. The SMILES string of the molecule is COC(=O)c1ccnc(Cc2cc(C#N)c3ncc(Cl)cc3c2)c1.COC(=O)c1ccnc(Cc2cc(C(=O)OC)c3ncc(Cl)cc3c2)c1. The van der Waals surface area contributed by atoms with Gasteiger partial charge in [-0.05, 0) is 71.8 Å². The van der Waals surface area contributed by atoms with Crippen molar-refractivity contribution >= 4 is 62.9 Å². The minimum atomic E-state index is -0.483. The van der Waals surface area contributed by atoms with Crippen LogP contribution in [0, 0.1) is 11.3 Å². The standard InChI is InChI=1S/C19H15ClN2O4.C18H12ClN3O2/c1-25-18(23)12-3-4-21-15(9-12)6-11-5-13-8-14(20)10-22-17(13)16(7-11)19(24)26-2;1-24-18(23)12-2-3-21-16(8-12)6-11-4-13-7-15(19)10-22-17(13)14(5-11)9-20/h3-5,7-10H,6H2,1-2H3;2-5,7-8,10H,6H2,1H3. The van der Waals surface area contributed by atoms with Gasteiger partial charge in [-0.25, -0.2) is 14.4 Å². The van der Waals surface area contributed by atoms with E-state index in [1.54, 1.807) is 60.9 Å². The number of methoxy groups -OCH3 is 3. The Labute approximate surface area is 296 Å². The van der Waals surface area contributed by atoms with E-state index < -0.39 is 17.9 Å². The molecule has 0 unspecified atom stereocenters. The molecule has 0 radical (unpaired) electrons. The maximum atomic E-state index is 12.1. The van der Waals surface area contributed by atoms with Gasteiger partial charge in [0.2, 0.25) is 0 Å². The summed E-state index contributed by atoms with van der Waals surface area (Å²) in [6.45, 7) is 0. The molecule has 50 heavy (non-hydrogen) atoms. The van der Waals surface area contributed by atoms with Crippen molar-refractivity contribution in [2.45, 2.75) is 12.8 Å². The highest BCUT2D eigenvalue weighted by Gasteiger charge is 2.16. The summed E-state index contributed by atoms with van der Waals surface area (Å²) in [6, 6.07) is 19.5. The van der Waals surface area contributed by atoms with Crippen molar-refractivity contribution < 1.29 is 28.6 Å². The average molecular weight is 709 g/mol. The molecule has 13 heteroatoms. The number of hydrogen-bond donors (Lipinski definition) is 0. The van der Waals surface area contributed by atoms with E-state index in [0.717, 1.165) is 21.9 Å². The highest BCUT2D eigenvalue weighted by atomic mass is 35.5. The van der Waals surface area contributed by atoms with Gasteiger partial charge < -0.3 is 14.2 Å². The highest BCUT2D eigenvalue weighted by molar-refractivity contribution is 6.31. The van der Waals surface area contributed by atoms with Gasteiger partial charge in [-0.3, -0.25) is 19.9 Å². The minimum Gasteiger partial charge on any atom is -0.465 e. The number of carbonyl (C=O) groups excluding carboxylic acids is 3. The Balaban J connectivity index is 0.000000195. The van der Waals surface area contributed by atoms with E-state index in [0.29, 0.717) is 67.6 Å². The highest BCUT2D eigenvalue weighted by Crippen LogP contribution is 2.25. The molecular formula is C37H27Cl2N5O6. The molecule has 2 aromatic carbocycles. The molecule has 6 aromatic rings. The molecule has 0 N–H and O–H groups in total. The molecule has 0 aliphatic heterocycles. The third kappa shape index (κ3) is 8.36. The van der Waals surface area contributed by atoms with E-state index in [-0.39, 0.29) is 0 Å². The van der Waals surface area contributed by atoms with Gasteiger partial charge in [0.05, 0.1) is 64.7 Å². The van der Waals surface area contributed by atoms with Crippen LogP contribution in [0.25, 0.3) is 21.8 Å². The van der Waals surface area contributed by atoms with Crippen molar-refractivity contribution in [3.63, 3.8) is 0 Å². The number of benzene rings is 2. The molecule has 0 saturated carbocycles. The quantitative estimate of drug-likeness (QED) is 0.125. The summed E-state index contributed by atoms with van der Waals surface area (Å²) in [5.41, 5.74) is 5.88. The fourth-order valence-electron chi connectivity index (χ4n) is 5.18. The van der Waals surface area contributed by atoms with Crippen LogP contribution in [0.5, 0.6) is 0 Å². The zero-order valence-electron chi connectivity index (χ0n) is 26.9. The van der Waals surface area contributed by atoms with Crippen molar-refractivity contribution in [1.29, 1.82) is 5.26 Å². The van der Waals surface area contributed by atoms with Crippen LogP contribution < -0.4 is 0 Å². The Kier molecular flexibility index (Phi) is 11.3. The molecule has 4 heterocycles. The lowest BCUT2D eigenvalue weighted by Crippen LogP contribution is -2.06. The van der Waals surface area contributed by atoms with Crippen LogP contribution in [0.3, 0.4) is 0 Å². The van der Waals surface area contributed by atoms with Crippen molar-refractivity contribution in [3.8, 4) is 6.07 Å². The monoisotopic (exact) mass is 707 g/mol. The van der Waals surface area contributed by atoms with Gasteiger partial charge in [-0.15, -0.1) is 0 Å². The van der Waals surface area contributed by atoms with Crippen LogP contribution in [0.2, 0.25) is 10.0 Å². The fraction of sp³-hybridized carbons (Fsp3) is 0.135. The zero-order chi connectivity index (χ0) is 35.8. The summed E-state index contributed by atoms with van der Waals surface area (Å²) in [5, 5.41) is 11.8. The lowest BCUT2D eigenvalue weighted by Gasteiger charge is -2.09. The molecular weight excluding hydrogens is 681 g/mol. The Hall–Kier alpha value is -5.96. The first-order valence-electron chi connectivity index (χ1n) is 14.8. The number of fused-ring (bicyclic) bond motifs is 2. The second kappa shape index (κ2) is 16.0. The zero-order valence-corrected chi connectivity index (χ0v) is 28.5. The number of ether oxygens (including phenoxy) is 3. The Morgan fingerprint density at radius 2 is 1.12 bits per heavy atom. The third-order valence-corrected chi connectivity index (χ3v) is 7.80. The number of nitriles is 1. The van der Waals surface area contributed by atoms with E-state index in [1.165, 1.54) is 33.7 Å². The lowest BCUT2D eigenvalue weighted by molar-refractivity contribution is 0.0591. The molecule has 0 fully saturated rings. The van der Waals surface area contributed by atoms with Gasteiger partial charge in [0, 0.05) is 59.8 Å². The van der Waals surface area contributed by atoms with Crippen molar-refractivity contribution in [2.75, 3.05) is 21.3 Å². The molecule has 0 atom stereocenters. The predicted molar refractivity (Wildman–Crippen MR) is 186 cm³/mol. The number of hydrogen-bond acceptors (Lipinski definition) is 11. The first-order chi connectivity index (χ1) is 24.1. The van der Waals surface area contributed by atoms with Crippen LogP contribution in [-0.2, 0) is 27.1 Å². The maximum absolute atomic E-state index is 12.1. The molecule has 0 aliphatic carbocycles. The van der Waals surface area contributed by atoms with Gasteiger partial charge in [-0.1, -0.05) is 23.2 Å². The van der Waals surface area contributed by atoms with Gasteiger partial charge >= 0.3 is 17.9 Å². The molecule has 0 spiro atoms. The van der Waals surface area contributed by atoms with Crippen LogP contribution >= 0.6 is 23.2 Å². The summed E-state index contributed by atoms with van der Waals surface area (Å²) in [5.74, 6) is -1.33. The summed E-state index contributed by atoms with van der Waals surface area (Å²) in [6.07, 6.45) is 7.00. The Morgan fingerprint density at radius 1 is 0.640 bits per heavy atom. The number of rotatable bonds is 7. The largest absolute Gasteiger partial charge is 0.465 e. The second-order valence-electron chi connectivity index (χ2n) is 10.7. The first-order valence-corrected chi connectivity index (χ1v) is 15.6. The number of pyridine rings is 4. The molecule has 250 valence electrons. The van der Waals surface area contributed by atoms with Gasteiger partial charge in [0.1, 0.15) is 6.07 Å². The second-order valence-corrected chi connectivity index (χ2v) is 11.6. The number of carbonyl (C=O) groups is 3. The normalized spacial score (nSPS) is 10.5. The summed E-state index contributed by atoms with van der Waals surface area (Å²) >= 11 is 12.0. The molecule has 0 saturated heterocycles. The van der Waals surface area contributed by atoms with Gasteiger partial charge in [0.25, 0.3) is 0 Å². The maximum Gasteiger partial charge on any atom is 0.340 e. The van der Waals surface area contributed by atoms with Gasteiger partial charge in [-0.2, -0.15) is 5.26 Å². The van der Waals surface area contributed by atoms with Crippen molar-refractivity contribution in [3.05, 3.63) is 140 Å². The number of nitrogens with zero attached hydrogens (tertiary/aromatic N) is 5. The molecule has 0 bridgehead atoms. The summed E-state index contributed by atoms with van der Waals surface area (Å²) in [7, 11) is 3.98. The van der Waals surface area contributed by atoms with E-state index in [9.17, 15) is 19.6 Å². The van der Waals surface area contributed by atoms with E-state index in [2.05, 4.69) is 26.0 Å². The smallest absolute Gasteiger partial charge is 0.340 e. The molecule has 0 aliphatic rings. The summed E-state index contributed by atoms with van der Waals surface area (Å²) < 4.78 is 14.3. The summed E-state index contributed by atoms with van der Waals surface area (Å²) in [4.78, 5) is 52.4. The topological polar surface area (TPSA) is 154 Å². The van der Waals surface area contributed by atoms with Crippen LogP contribution in [0.1, 0.15) is 59.2 Å². The minimum absolute atomic E-state index is 0.348. The Bertz CT molecular complexity index is 2310. The van der Waals surface area contributed by atoms with Crippen LogP contribution in [0.15, 0.2) is 85.5 Å². The van der Waals surface area contributed by atoms with E-state index in [4.69, 9.17) is 37.4 Å². The Morgan fingerprint density at radius 3 is 1.62 bits per heavy atom. The van der Waals surface area contributed by atoms with E-state index >= 15 is 0 Å². The molecule has 11 nitrogen and oxygen atoms in total. The van der Waals surface area contributed by atoms with Crippen molar-refractivity contribution in [1.82, 2.24) is 19.9 Å². The fourth-order valence-corrected chi connectivity index (χ4v) is 5.52. The van der Waals surface area contributed by atoms with Crippen molar-refractivity contribution in [2.24, 2.45) is 0 Å². The van der Waals surface area contributed by atoms with Crippen LogP contribution in [-0.4, -0.2) is 59.2 Å². The van der Waals surface area contributed by atoms with Gasteiger partial charge in [0.15, 0.2) is 0 Å².